The second-order valence-electron chi connectivity index (χ2n) is 4.14. The topological polar surface area (TPSA) is 98.1 Å². The van der Waals surface area contributed by atoms with Crippen molar-refractivity contribution >= 4 is 5.97 Å². The van der Waals surface area contributed by atoms with Gasteiger partial charge in [-0.2, -0.15) is 0 Å². The first-order valence-electron chi connectivity index (χ1n) is 5.66. The predicted octanol–water partition coefficient (Wildman–Crippen LogP) is 1.92. The third kappa shape index (κ3) is 2.87. The van der Waals surface area contributed by atoms with Crippen LogP contribution in [0, 0.1) is 5.92 Å². The van der Waals surface area contributed by atoms with Crippen molar-refractivity contribution in [1.82, 2.24) is 5.32 Å². The Hall–Kier alpha value is -1.26. The number of carbonyl (C=O) groups is 1. The van der Waals surface area contributed by atoms with Crippen LogP contribution in [-0.4, -0.2) is 29.7 Å². The maximum Gasteiger partial charge on any atom is 0.324 e. The van der Waals surface area contributed by atoms with Crippen LogP contribution in [0.25, 0.3) is 10.4 Å². The molecular weight excluding hydrogens is 208 g/mol. The minimum atomic E-state index is -0.768. The highest BCUT2D eigenvalue weighted by molar-refractivity contribution is 5.79. The molecule has 0 aliphatic heterocycles. The molecule has 1 aliphatic rings. The van der Waals surface area contributed by atoms with E-state index >= 15 is 0 Å². The molecule has 0 saturated heterocycles. The molecule has 0 bridgehead atoms. The lowest BCUT2D eigenvalue weighted by Crippen LogP contribution is -2.54. The molecule has 0 heterocycles. The van der Waals surface area contributed by atoms with Crippen molar-refractivity contribution in [1.29, 1.82) is 0 Å². The molecule has 1 saturated carbocycles. The Balaban J connectivity index is 2.44. The van der Waals surface area contributed by atoms with E-state index in [9.17, 15) is 9.90 Å². The molecule has 90 valence electrons. The standard InChI is InChI=1S/C10H18N4O2/c1-2-10(9(15)16,8-4-5-8)12-6-3-7-13-14-11/h8,12H,2-7H2,1H3,(H,15,16). The Morgan fingerprint density at radius 1 is 1.69 bits per heavy atom. The van der Waals surface area contributed by atoms with Crippen LogP contribution in [-0.2, 0) is 4.79 Å². The lowest BCUT2D eigenvalue weighted by molar-refractivity contribution is -0.146. The van der Waals surface area contributed by atoms with Crippen LogP contribution in [0.4, 0.5) is 0 Å². The molecule has 0 aromatic carbocycles. The molecule has 1 unspecified atom stereocenters. The fourth-order valence-electron chi connectivity index (χ4n) is 2.04. The smallest absolute Gasteiger partial charge is 0.324 e. The second kappa shape index (κ2) is 5.72. The van der Waals surface area contributed by atoms with Gasteiger partial charge in [0.05, 0.1) is 0 Å². The molecule has 0 aromatic heterocycles. The summed E-state index contributed by atoms with van der Waals surface area (Å²) in [5.74, 6) is -0.504. The van der Waals surface area contributed by atoms with Crippen LogP contribution in [0.5, 0.6) is 0 Å². The lowest BCUT2D eigenvalue weighted by Gasteiger charge is -2.29. The average molecular weight is 226 g/mol. The van der Waals surface area contributed by atoms with Crippen LogP contribution >= 0.6 is 0 Å². The van der Waals surface area contributed by atoms with E-state index in [0.29, 0.717) is 25.9 Å². The molecule has 0 amide bonds. The van der Waals surface area contributed by atoms with Crippen molar-refractivity contribution in [3.05, 3.63) is 10.4 Å². The number of carboxylic acid groups (broad SMARTS) is 1. The quantitative estimate of drug-likeness (QED) is 0.286. The van der Waals surface area contributed by atoms with E-state index in [4.69, 9.17) is 5.53 Å². The third-order valence-electron chi connectivity index (χ3n) is 3.15. The fourth-order valence-corrected chi connectivity index (χ4v) is 2.04. The summed E-state index contributed by atoms with van der Waals surface area (Å²) in [6.07, 6.45) is 3.24. The van der Waals surface area contributed by atoms with Gasteiger partial charge < -0.3 is 10.4 Å². The summed E-state index contributed by atoms with van der Waals surface area (Å²) in [4.78, 5) is 14.0. The first-order chi connectivity index (χ1) is 7.67. The van der Waals surface area contributed by atoms with Crippen LogP contribution in [0.2, 0.25) is 0 Å². The molecule has 0 spiro atoms. The molecule has 1 rings (SSSR count). The van der Waals surface area contributed by atoms with Crippen LogP contribution in [0.15, 0.2) is 5.11 Å². The zero-order valence-corrected chi connectivity index (χ0v) is 9.52. The molecular formula is C10H18N4O2. The maximum absolute atomic E-state index is 11.3. The second-order valence-corrected chi connectivity index (χ2v) is 4.14. The van der Waals surface area contributed by atoms with Crippen LogP contribution < -0.4 is 5.32 Å². The zero-order valence-electron chi connectivity index (χ0n) is 9.52. The number of rotatable bonds is 8. The molecule has 6 nitrogen and oxygen atoms in total. The number of nitrogens with zero attached hydrogens (tertiary/aromatic N) is 3. The lowest BCUT2D eigenvalue weighted by atomic mass is 9.90. The largest absolute Gasteiger partial charge is 0.480 e. The number of hydrogen-bond acceptors (Lipinski definition) is 3. The van der Waals surface area contributed by atoms with Gasteiger partial charge in [-0.3, -0.25) is 4.79 Å². The molecule has 1 aliphatic carbocycles. The first-order valence-corrected chi connectivity index (χ1v) is 5.66. The number of nitrogens with one attached hydrogen (secondary N) is 1. The van der Waals surface area contributed by atoms with Gasteiger partial charge in [-0.25, -0.2) is 0 Å². The number of hydrogen-bond donors (Lipinski definition) is 2. The van der Waals surface area contributed by atoms with Gasteiger partial charge >= 0.3 is 5.97 Å². The van der Waals surface area contributed by atoms with Gasteiger partial charge in [-0.1, -0.05) is 12.0 Å². The Bertz CT molecular complexity index is 297. The minimum absolute atomic E-state index is 0.259. The van der Waals surface area contributed by atoms with Gasteiger partial charge in [-0.15, -0.1) is 0 Å². The molecule has 2 N–H and O–H groups in total. The highest BCUT2D eigenvalue weighted by Gasteiger charge is 2.49. The van der Waals surface area contributed by atoms with E-state index in [1.165, 1.54) is 0 Å². The number of azide groups is 1. The van der Waals surface area contributed by atoms with E-state index in [1.807, 2.05) is 6.92 Å². The van der Waals surface area contributed by atoms with Gasteiger partial charge in [0, 0.05) is 11.5 Å². The van der Waals surface area contributed by atoms with Crippen LogP contribution in [0.3, 0.4) is 0 Å². The minimum Gasteiger partial charge on any atom is -0.480 e. The van der Waals surface area contributed by atoms with Gasteiger partial charge in [0.15, 0.2) is 0 Å². The normalized spacial score (nSPS) is 18.6. The van der Waals surface area contributed by atoms with Gasteiger partial charge in [0.1, 0.15) is 5.54 Å². The molecule has 1 fully saturated rings. The Kier molecular flexibility index (Phi) is 4.58. The summed E-state index contributed by atoms with van der Waals surface area (Å²) in [6, 6.07) is 0. The SMILES string of the molecule is CCC(NCCCN=[N+]=[N-])(C(=O)O)C1CC1. The zero-order chi connectivity index (χ0) is 12.0. The number of carboxylic acids is 1. The van der Waals surface area contributed by atoms with E-state index < -0.39 is 11.5 Å². The van der Waals surface area contributed by atoms with Gasteiger partial charge in [0.2, 0.25) is 0 Å². The number of aliphatic carboxylic acids is 1. The third-order valence-corrected chi connectivity index (χ3v) is 3.15. The molecule has 16 heavy (non-hydrogen) atoms. The van der Waals surface area contributed by atoms with E-state index in [2.05, 4.69) is 15.3 Å². The Morgan fingerprint density at radius 2 is 2.38 bits per heavy atom. The highest BCUT2D eigenvalue weighted by atomic mass is 16.4. The highest BCUT2D eigenvalue weighted by Crippen LogP contribution is 2.41. The molecule has 0 aromatic rings. The summed E-state index contributed by atoms with van der Waals surface area (Å²) in [6.45, 7) is 2.89. The summed E-state index contributed by atoms with van der Waals surface area (Å²) < 4.78 is 0. The summed E-state index contributed by atoms with van der Waals surface area (Å²) in [7, 11) is 0. The van der Waals surface area contributed by atoms with Crippen molar-refractivity contribution in [3.63, 3.8) is 0 Å². The summed E-state index contributed by atoms with van der Waals surface area (Å²) in [5, 5.41) is 15.8. The average Bonchev–Trinajstić information content (AvgIpc) is 3.07. The van der Waals surface area contributed by atoms with E-state index in [1.54, 1.807) is 0 Å². The van der Waals surface area contributed by atoms with Gasteiger partial charge in [0.25, 0.3) is 0 Å². The Labute approximate surface area is 94.7 Å². The summed E-state index contributed by atoms with van der Waals surface area (Å²) >= 11 is 0. The monoisotopic (exact) mass is 226 g/mol. The fraction of sp³-hybridized carbons (Fsp3) is 0.900. The van der Waals surface area contributed by atoms with Crippen LogP contribution in [0.1, 0.15) is 32.6 Å². The van der Waals surface area contributed by atoms with Crippen molar-refractivity contribution < 1.29 is 9.90 Å². The molecule has 6 heteroatoms. The van der Waals surface area contributed by atoms with Crippen molar-refractivity contribution in [3.8, 4) is 0 Å². The van der Waals surface area contributed by atoms with Crippen molar-refractivity contribution in [2.24, 2.45) is 11.0 Å². The van der Waals surface area contributed by atoms with Crippen molar-refractivity contribution in [2.45, 2.75) is 38.1 Å². The first kappa shape index (κ1) is 12.8. The van der Waals surface area contributed by atoms with Crippen molar-refractivity contribution in [2.75, 3.05) is 13.1 Å². The Morgan fingerprint density at radius 3 is 2.81 bits per heavy atom. The van der Waals surface area contributed by atoms with E-state index in [0.717, 1.165) is 12.8 Å². The van der Waals surface area contributed by atoms with Gasteiger partial charge in [-0.05, 0) is 43.7 Å². The molecule has 0 radical (unpaired) electrons. The predicted molar refractivity (Wildman–Crippen MR) is 60.0 cm³/mol. The van der Waals surface area contributed by atoms with E-state index in [-0.39, 0.29) is 5.92 Å². The maximum atomic E-state index is 11.3. The molecule has 1 atom stereocenters. The summed E-state index contributed by atoms with van der Waals surface area (Å²) in [5.41, 5.74) is 7.33.